The Morgan fingerprint density at radius 1 is 1.05 bits per heavy atom. The molecule has 0 saturated heterocycles. The highest BCUT2D eigenvalue weighted by Crippen LogP contribution is 2.17. The molecule has 0 atom stereocenters. The molecule has 0 heterocycles. The minimum absolute atomic E-state index is 0.145. The molecule has 0 fully saturated rings. The molecular weight excluding hydrogens is 264 g/mol. The van der Waals surface area contributed by atoms with Crippen LogP contribution in [0.3, 0.4) is 0 Å². The van der Waals surface area contributed by atoms with E-state index in [9.17, 15) is 10.1 Å². The van der Waals surface area contributed by atoms with E-state index in [-0.39, 0.29) is 10.6 Å². The average Bonchev–Trinajstić information content (AvgIpc) is 2.41. The summed E-state index contributed by atoms with van der Waals surface area (Å²) in [6.07, 6.45) is 0. The molecule has 0 radical (unpaired) electrons. The van der Waals surface area contributed by atoms with Crippen LogP contribution in [0.15, 0.2) is 48.5 Å². The van der Waals surface area contributed by atoms with Gasteiger partial charge in [-0.15, -0.1) is 0 Å². The maximum absolute atomic E-state index is 10.9. The van der Waals surface area contributed by atoms with Crippen LogP contribution in [0.25, 0.3) is 0 Å². The topological polar surface area (TPSA) is 55.2 Å². The number of rotatable bonds is 5. The van der Waals surface area contributed by atoms with E-state index >= 15 is 0 Å². The molecule has 0 saturated carbocycles. The summed E-state index contributed by atoms with van der Waals surface area (Å²) < 4.78 is 0. The lowest BCUT2D eigenvalue weighted by atomic mass is 10.1. The van der Waals surface area contributed by atoms with Gasteiger partial charge in [0, 0.05) is 29.7 Å². The third-order valence-electron chi connectivity index (χ3n) is 2.75. The Morgan fingerprint density at radius 2 is 1.74 bits per heavy atom. The number of nitro groups is 1. The summed E-state index contributed by atoms with van der Waals surface area (Å²) in [5.74, 6) is 0. The molecule has 0 aliphatic heterocycles. The Balaban J connectivity index is 1.96. The molecule has 0 bridgehead atoms. The van der Waals surface area contributed by atoms with E-state index in [1.54, 1.807) is 18.2 Å². The van der Waals surface area contributed by atoms with Gasteiger partial charge in [-0.2, -0.15) is 0 Å². The van der Waals surface area contributed by atoms with E-state index in [1.165, 1.54) is 6.07 Å². The van der Waals surface area contributed by atoms with E-state index in [1.807, 2.05) is 24.3 Å². The highest BCUT2D eigenvalue weighted by Gasteiger charge is 2.11. The van der Waals surface area contributed by atoms with Crippen molar-refractivity contribution < 1.29 is 4.92 Å². The molecule has 4 nitrogen and oxygen atoms in total. The van der Waals surface area contributed by atoms with E-state index in [2.05, 4.69) is 5.32 Å². The van der Waals surface area contributed by atoms with Gasteiger partial charge in [0.25, 0.3) is 5.69 Å². The lowest BCUT2D eigenvalue weighted by Crippen LogP contribution is -2.13. The molecule has 0 aliphatic rings. The van der Waals surface area contributed by atoms with E-state index < -0.39 is 0 Å². The zero-order valence-electron chi connectivity index (χ0n) is 10.2. The second kappa shape index (κ2) is 6.31. The van der Waals surface area contributed by atoms with Crippen LogP contribution in [0.4, 0.5) is 5.69 Å². The van der Waals surface area contributed by atoms with Crippen molar-refractivity contribution in [2.24, 2.45) is 0 Å². The van der Waals surface area contributed by atoms with Crippen molar-refractivity contribution in [2.75, 3.05) is 0 Å². The van der Waals surface area contributed by atoms with Crippen LogP contribution in [0.2, 0.25) is 5.02 Å². The number of hydrogen-bond donors (Lipinski definition) is 1. The summed E-state index contributed by atoms with van der Waals surface area (Å²) in [5.41, 5.74) is 1.91. The van der Waals surface area contributed by atoms with Crippen molar-refractivity contribution in [3.63, 3.8) is 0 Å². The van der Waals surface area contributed by atoms with Gasteiger partial charge in [0.2, 0.25) is 0 Å². The van der Waals surface area contributed by atoms with Crippen LogP contribution in [0.1, 0.15) is 11.1 Å². The highest BCUT2D eigenvalue weighted by molar-refractivity contribution is 6.30. The molecule has 19 heavy (non-hydrogen) atoms. The minimum atomic E-state index is -0.362. The third-order valence-corrected chi connectivity index (χ3v) is 3.00. The minimum Gasteiger partial charge on any atom is -0.308 e. The smallest absolute Gasteiger partial charge is 0.273 e. The molecule has 0 unspecified atom stereocenters. The van der Waals surface area contributed by atoms with Gasteiger partial charge in [-0.1, -0.05) is 41.9 Å². The van der Waals surface area contributed by atoms with Crippen molar-refractivity contribution in [1.82, 2.24) is 5.32 Å². The molecule has 5 heteroatoms. The summed E-state index contributed by atoms with van der Waals surface area (Å²) in [6, 6.07) is 14.2. The van der Waals surface area contributed by atoms with Gasteiger partial charge >= 0.3 is 0 Å². The first-order valence-corrected chi connectivity index (χ1v) is 6.22. The van der Waals surface area contributed by atoms with Crippen LogP contribution < -0.4 is 5.32 Å². The first kappa shape index (κ1) is 13.5. The van der Waals surface area contributed by atoms with Crippen LogP contribution in [0, 0.1) is 10.1 Å². The molecule has 0 spiro atoms. The van der Waals surface area contributed by atoms with Crippen LogP contribution >= 0.6 is 11.6 Å². The Labute approximate surface area is 116 Å². The zero-order valence-corrected chi connectivity index (χ0v) is 10.9. The molecule has 98 valence electrons. The fourth-order valence-electron chi connectivity index (χ4n) is 1.78. The van der Waals surface area contributed by atoms with Gasteiger partial charge in [0.1, 0.15) is 0 Å². The third kappa shape index (κ3) is 3.77. The quantitative estimate of drug-likeness (QED) is 0.671. The van der Waals surface area contributed by atoms with Crippen LogP contribution in [0.5, 0.6) is 0 Å². The summed E-state index contributed by atoms with van der Waals surface area (Å²) >= 11 is 5.80. The maximum Gasteiger partial charge on any atom is 0.273 e. The van der Waals surface area contributed by atoms with Crippen molar-refractivity contribution in [3.05, 3.63) is 74.8 Å². The Kier molecular flexibility index (Phi) is 4.49. The second-order valence-corrected chi connectivity index (χ2v) is 4.55. The highest BCUT2D eigenvalue weighted by atomic mass is 35.5. The van der Waals surface area contributed by atoms with E-state index in [0.29, 0.717) is 23.7 Å². The molecule has 2 aromatic rings. The monoisotopic (exact) mass is 276 g/mol. The summed E-state index contributed by atoms with van der Waals surface area (Å²) in [7, 11) is 0. The summed E-state index contributed by atoms with van der Waals surface area (Å²) in [6.45, 7) is 1.10. The maximum atomic E-state index is 10.9. The average molecular weight is 277 g/mol. The van der Waals surface area contributed by atoms with Crippen molar-refractivity contribution >= 4 is 17.3 Å². The van der Waals surface area contributed by atoms with Crippen molar-refractivity contribution in [1.29, 1.82) is 0 Å². The van der Waals surface area contributed by atoms with Gasteiger partial charge in [0.15, 0.2) is 0 Å². The normalized spacial score (nSPS) is 10.4. The Hall–Kier alpha value is -1.91. The van der Waals surface area contributed by atoms with Crippen molar-refractivity contribution in [2.45, 2.75) is 13.1 Å². The molecular formula is C14H13ClN2O2. The van der Waals surface area contributed by atoms with Crippen molar-refractivity contribution in [3.8, 4) is 0 Å². The lowest BCUT2D eigenvalue weighted by Gasteiger charge is -2.06. The molecule has 2 aromatic carbocycles. The number of nitrogens with one attached hydrogen (secondary N) is 1. The first-order chi connectivity index (χ1) is 9.16. The van der Waals surface area contributed by atoms with Gasteiger partial charge in [0.05, 0.1) is 4.92 Å². The molecule has 1 N–H and O–H groups in total. The fourth-order valence-corrected chi connectivity index (χ4v) is 1.91. The standard InChI is InChI=1S/C14H13ClN2O2/c15-13-7-5-11(6-8-13)9-16-10-12-3-1-2-4-14(12)17(18)19/h1-8,16H,9-10H2. The van der Waals surface area contributed by atoms with Gasteiger partial charge < -0.3 is 5.32 Å². The molecule has 0 aliphatic carbocycles. The van der Waals surface area contributed by atoms with Gasteiger partial charge in [-0.25, -0.2) is 0 Å². The Bertz CT molecular complexity index is 570. The number of nitro benzene ring substituents is 1. The van der Waals surface area contributed by atoms with E-state index in [4.69, 9.17) is 11.6 Å². The fraction of sp³-hybridized carbons (Fsp3) is 0.143. The predicted molar refractivity (Wildman–Crippen MR) is 75.1 cm³/mol. The van der Waals surface area contributed by atoms with Gasteiger partial charge in [-0.05, 0) is 17.7 Å². The SMILES string of the molecule is O=[N+]([O-])c1ccccc1CNCc1ccc(Cl)cc1. The van der Waals surface area contributed by atoms with Crippen LogP contribution in [-0.2, 0) is 13.1 Å². The number of benzene rings is 2. The first-order valence-electron chi connectivity index (χ1n) is 5.84. The summed E-state index contributed by atoms with van der Waals surface area (Å²) in [5, 5.41) is 14.7. The predicted octanol–water partition coefficient (Wildman–Crippen LogP) is 3.54. The molecule has 0 aromatic heterocycles. The molecule has 0 amide bonds. The lowest BCUT2D eigenvalue weighted by molar-refractivity contribution is -0.385. The second-order valence-electron chi connectivity index (χ2n) is 4.12. The van der Waals surface area contributed by atoms with E-state index in [0.717, 1.165) is 5.56 Å². The zero-order chi connectivity index (χ0) is 13.7. The number of halogens is 1. The molecule has 2 rings (SSSR count). The Morgan fingerprint density at radius 3 is 2.42 bits per heavy atom. The largest absolute Gasteiger partial charge is 0.308 e. The number of para-hydroxylation sites is 1. The number of hydrogen-bond acceptors (Lipinski definition) is 3. The summed E-state index contributed by atoms with van der Waals surface area (Å²) in [4.78, 5) is 10.5. The number of nitrogens with zero attached hydrogens (tertiary/aromatic N) is 1. The van der Waals surface area contributed by atoms with Crippen LogP contribution in [-0.4, -0.2) is 4.92 Å². The van der Waals surface area contributed by atoms with Gasteiger partial charge in [-0.3, -0.25) is 10.1 Å².